The van der Waals surface area contributed by atoms with Crippen molar-refractivity contribution < 1.29 is 14.3 Å². The number of hydrogen-bond acceptors (Lipinski definition) is 5. The zero-order valence-electron chi connectivity index (χ0n) is 19.9. The number of esters is 1. The van der Waals surface area contributed by atoms with E-state index in [1.807, 2.05) is 75.4 Å². The van der Waals surface area contributed by atoms with Gasteiger partial charge in [0.05, 0.1) is 17.8 Å². The Morgan fingerprint density at radius 3 is 2.00 bits per heavy atom. The number of nitrogens with zero attached hydrogens (tertiary/aromatic N) is 2. The number of fused-ring (bicyclic) bond motifs is 2. The Bertz CT molecular complexity index is 1110. The van der Waals surface area contributed by atoms with Crippen molar-refractivity contribution in [2.45, 2.75) is 49.1 Å². The summed E-state index contributed by atoms with van der Waals surface area (Å²) in [6, 6.07) is 26.2. The van der Waals surface area contributed by atoms with E-state index < -0.39 is 5.54 Å². The smallest absolute Gasteiger partial charge is 0.308 e. The summed E-state index contributed by atoms with van der Waals surface area (Å²) in [5.74, 6) is -0.579. The standard InChI is InChI=1S/C28H30N2O3S/c1-28(2,3)30(19-21-11-5-4-6-12-21)26(31)20-33-27(32)17-18-29-22-13-7-9-15-24(22)34-25-16-10-8-14-23(25)29/h4-16H,17-20H2,1-3H3. The van der Waals surface area contributed by atoms with Crippen LogP contribution in [0.2, 0.25) is 0 Å². The van der Waals surface area contributed by atoms with Gasteiger partial charge in [-0.1, -0.05) is 66.4 Å². The lowest BCUT2D eigenvalue weighted by Crippen LogP contribution is -2.46. The molecule has 1 heterocycles. The van der Waals surface area contributed by atoms with Crippen LogP contribution in [0.3, 0.4) is 0 Å². The summed E-state index contributed by atoms with van der Waals surface area (Å²) < 4.78 is 5.42. The minimum Gasteiger partial charge on any atom is -0.456 e. The molecule has 6 heteroatoms. The highest BCUT2D eigenvalue weighted by Crippen LogP contribution is 2.47. The third-order valence-electron chi connectivity index (χ3n) is 5.72. The van der Waals surface area contributed by atoms with E-state index in [4.69, 9.17) is 4.74 Å². The number of hydrogen-bond donors (Lipinski definition) is 0. The maximum Gasteiger partial charge on any atom is 0.308 e. The molecule has 0 radical (unpaired) electrons. The van der Waals surface area contributed by atoms with Gasteiger partial charge in [-0.05, 0) is 50.6 Å². The number of amides is 1. The highest BCUT2D eigenvalue weighted by Gasteiger charge is 2.28. The Hall–Kier alpha value is -3.25. The quantitative estimate of drug-likeness (QED) is 0.390. The van der Waals surface area contributed by atoms with Crippen LogP contribution in [0.25, 0.3) is 0 Å². The van der Waals surface area contributed by atoms with Gasteiger partial charge in [0.25, 0.3) is 5.91 Å². The number of anilines is 2. The van der Waals surface area contributed by atoms with Crippen molar-refractivity contribution in [3.63, 3.8) is 0 Å². The molecule has 0 saturated heterocycles. The van der Waals surface area contributed by atoms with Gasteiger partial charge in [0.2, 0.25) is 0 Å². The molecule has 0 N–H and O–H groups in total. The maximum atomic E-state index is 13.0. The average molecular weight is 475 g/mol. The first kappa shape index (κ1) is 23.9. The van der Waals surface area contributed by atoms with Crippen molar-refractivity contribution in [3.8, 4) is 0 Å². The number of para-hydroxylation sites is 2. The van der Waals surface area contributed by atoms with E-state index in [-0.39, 0.29) is 24.9 Å². The molecule has 0 aromatic heterocycles. The first-order valence-corrected chi connectivity index (χ1v) is 12.3. The summed E-state index contributed by atoms with van der Waals surface area (Å²) in [7, 11) is 0. The number of rotatable bonds is 7. The molecule has 34 heavy (non-hydrogen) atoms. The van der Waals surface area contributed by atoms with Crippen LogP contribution in [0.1, 0.15) is 32.8 Å². The molecule has 0 bridgehead atoms. The van der Waals surface area contributed by atoms with Gasteiger partial charge < -0.3 is 14.5 Å². The molecule has 3 aromatic rings. The minimum absolute atomic E-state index is 0.189. The van der Waals surface area contributed by atoms with Crippen LogP contribution in [0, 0.1) is 0 Å². The second kappa shape index (κ2) is 10.3. The molecule has 1 aliphatic rings. The monoisotopic (exact) mass is 474 g/mol. The summed E-state index contributed by atoms with van der Waals surface area (Å²) in [6.45, 7) is 6.65. The fourth-order valence-electron chi connectivity index (χ4n) is 3.98. The van der Waals surface area contributed by atoms with E-state index in [1.54, 1.807) is 16.7 Å². The van der Waals surface area contributed by atoms with Crippen LogP contribution >= 0.6 is 11.8 Å². The van der Waals surface area contributed by atoms with Crippen molar-refractivity contribution in [2.75, 3.05) is 18.1 Å². The predicted molar refractivity (Wildman–Crippen MR) is 136 cm³/mol. The van der Waals surface area contributed by atoms with Gasteiger partial charge in [-0.15, -0.1) is 0 Å². The molecule has 1 amide bonds. The highest BCUT2D eigenvalue weighted by atomic mass is 32.2. The molecule has 0 spiro atoms. The summed E-state index contributed by atoms with van der Waals surface area (Å²) >= 11 is 1.73. The van der Waals surface area contributed by atoms with Gasteiger partial charge >= 0.3 is 5.97 Å². The maximum absolute atomic E-state index is 13.0. The van der Waals surface area contributed by atoms with Crippen LogP contribution in [-0.4, -0.2) is 35.5 Å². The van der Waals surface area contributed by atoms with E-state index in [0.717, 1.165) is 26.7 Å². The summed E-state index contributed by atoms with van der Waals surface area (Å²) in [6.07, 6.45) is 0.189. The van der Waals surface area contributed by atoms with Crippen LogP contribution in [0.15, 0.2) is 88.7 Å². The van der Waals surface area contributed by atoms with E-state index >= 15 is 0 Å². The van der Waals surface area contributed by atoms with Gasteiger partial charge in [0.15, 0.2) is 6.61 Å². The SMILES string of the molecule is CC(C)(C)N(Cc1ccccc1)C(=O)COC(=O)CCN1c2ccccc2Sc2ccccc21. The zero-order valence-corrected chi connectivity index (χ0v) is 20.7. The molecular weight excluding hydrogens is 444 g/mol. The van der Waals surface area contributed by atoms with Crippen LogP contribution in [0.4, 0.5) is 11.4 Å². The summed E-state index contributed by atoms with van der Waals surface area (Å²) in [5, 5.41) is 0. The van der Waals surface area contributed by atoms with Crippen molar-refractivity contribution in [1.82, 2.24) is 4.90 Å². The van der Waals surface area contributed by atoms with Gasteiger partial charge in [-0.25, -0.2) is 0 Å². The Morgan fingerprint density at radius 1 is 0.853 bits per heavy atom. The minimum atomic E-state index is -0.391. The summed E-state index contributed by atoms with van der Waals surface area (Å²) in [4.78, 5) is 31.8. The third-order valence-corrected chi connectivity index (χ3v) is 6.85. The Morgan fingerprint density at radius 2 is 1.41 bits per heavy atom. The van der Waals surface area contributed by atoms with Crippen LogP contribution in [-0.2, 0) is 20.9 Å². The van der Waals surface area contributed by atoms with Crippen LogP contribution in [0.5, 0.6) is 0 Å². The van der Waals surface area contributed by atoms with E-state index in [2.05, 4.69) is 29.2 Å². The fourth-order valence-corrected chi connectivity index (χ4v) is 5.08. The topological polar surface area (TPSA) is 49.9 Å². The largest absolute Gasteiger partial charge is 0.456 e. The first-order chi connectivity index (χ1) is 16.3. The Balaban J connectivity index is 1.38. The van der Waals surface area contributed by atoms with E-state index in [1.165, 1.54) is 0 Å². The Kier molecular flexibility index (Phi) is 7.27. The molecular formula is C28H30N2O3S. The van der Waals surface area contributed by atoms with Crippen molar-refractivity contribution in [2.24, 2.45) is 0 Å². The lowest BCUT2D eigenvalue weighted by Gasteiger charge is -2.35. The lowest BCUT2D eigenvalue weighted by molar-refractivity contribution is -0.154. The molecule has 0 aliphatic carbocycles. The fraction of sp³-hybridized carbons (Fsp3) is 0.286. The van der Waals surface area contributed by atoms with Crippen molar-refractivity contribution in [3.05, 3.63) is 84.4 Å². The van der Waals surface area contributed by atoms with Gasteiger partial charge in [0.1, 0.15) is 0 Å². The molecule has 0 unspecified atom stereocenters. The predicted octanol–water partition coefficient (Wildman–Crippen LogP) is 6.05. The number of carbonyl (C=O) groups excluding carboxylic acids is 2. The van der Waals surface area contributed by atoms with Crippen LogP contribution < -0.4 is 4.90 Å². The number of carbonyl (C=O) groups is 2. The number of benzene rings is 3. The molecule has 176 valence electrons. The van der Waals surface area contributed by atoms with Gasteiger partial charge in [-0.2, -0.15) is 0 Å². The molecule has 5 nitrogen and oxygen atoms in total. The molecule has 3 aromatic carbocycles. The van der Waals surface area contributed by atoms with Gasteiger partial charge in [0, 0.05) is 28.4 Å². The first-order valence-electron chi connectivity index (χ1n) is 11.5. The molecule has 4 rings (SSSR count). The Labute approximate surface area is 205 Å². The highest BCUT2D eigenvalue weighted by molar-refractivity contribution is 7.99. The average Bonchev–Trinajstić information content (AvgIpc) is 2.83. The second-order valence-corrected chi connectivity index (χ2v) is 10.3. The normalized spacial score (nSPS) is 12.5. The molecule has 0 saturated carbocycles. The molecule has 0 fully saturated rings. The van der Waals surface area contributed by atoms with E-state index in [9.17, 15) is 9.59 Å². The molecule has 1 aliphatic heterocycles. The lowest BCUT2D eigenvalue weighted by atomic mass is 10.0. The van der Waals surface area contributed by atoms with Crippen molar-refractivity contribution in [1.29, 1.82) is 0 Å². The molecule has 0 atom stereocenters. The zero-order chi connectivity index (χ0) is 24.1. The number of ether oxygens (including phenoxy) is 1. The summed E-state index contributed by atoms with van der Waals surface area (Å²) in [5.41, 5.74) is 2.81. The van der Waals surface area contributed by atoms with E-state index in [0.29, 0.717) is 13.1 Å². The third kappa shape index (κ3) is 5.62. The van der Waals surface area contributed by atoms with Gasteiger partial charge in [-0.3, -0.25) is 9.59 Å². The second-order valence-electron chi connectivity index (χ2n) is 9.24. The van der Waals surface area contributed by atoms with Crippen molar-refractivity contribution >= 4 is 35.0 Å².